The topological polar surface area (TPSA) is 76.1 Å². The minimum absolute atomic E-state index is 0.0331. The molecule has 1 N–H and O–H groups in total. The Labute approximate surface area is 230 Å². The zero-order valence-electron chi connectivity index (χ0n) is 21.0. The molecule has 0 bridgehead atoms. The van der Waals surface area contributed by atoms with Crippen molar-refractivity contribution in [3.05, 3.63) is 94.0 Å². The summed E-state index contributed by atoms with van der Waals surface area (Å²) in [6.07, 6.45) is 2.00. The van der Waals surface area contributed by atoms with Crippen LogP contribution in [0.25, 0.3) is 11.1 Å². The molecule has 38 heavy (non-hydrogen) atoms. The number of benzene rings is 3. The second-order valence-electron chi connectivity index (χ2n) is 10.7. The third kappa shape index (κ3) is 4.63. The van der Waals surface area contributed by atoms with Gasteiger partial charge in [0.05, 0.1) is 5.60 Å². The van der Waals surface area contributed by atoms with E-state index in [-0.39, 0.29) is 24.5 Å². The van der Waals surface area contributed by atoms with E-state index in [9.17, 15) is 14.7 Å². The van der Waals surface area contributed by atoms with E-state index in [2.05, 4.69) is 40.2 Å². The monoisotopic (exact) mass is 575 g/mol. The van der Waals surface area contributed by atoms with Crippen LogP contribution in [-0.2, 0) is 19.9 Å². The number of hydrogen-bond donors (Lipinski definition) is 1. The molecular formula is C31H30BrNO5. The lowest BCUT2D eigenvalue weighted by Crippen LogP contribution is -2.40. The fraction of sp³-hybridized carbons (Fsp3) is 0.355. The maximum atomic E-state index is 13.2. The number of fused-ring (bicyclic) bond motifs is 4. The summed E-state index contributed by atoms with van der Waals surface area (Å²) in [5, 5.41) is 9.32. The van der Waals surface area contributed by atoms with Crippen LogP contribution in [0.5, 0.6) is 0 Å². The molecule has 1 saturated heterocycles. The SMILES string of the molecule is O=C(O)COC1(c2ccc(Br)cc2)CCC2CN(C(=O)OCC3c4ccccc4-c4ccccc43)CC2C1. The second kappa shape index (κ2) is 10.2. The molecule has 3 aromatic carbocycles. The van der Waals surface area contributed by atoms with Crippen molar-refractivity contribution in [1.29, 1.82) is 0 Å². The van der Waals surface area contributed by atoms with Crippen molar-refractivity contribution in [3.8, 4) is 11.1 Å². The molecule has 1 saturated carbocycles. The average molecular weight is 576 g/mol. The summed E-state index contributed by atoms with van der Waals surface area (Å²) in [5.41, 5.74) is 5.14. The van der Waals surface area contributed by atoms with E-state index in [0.717, 1.165) is 22.9 Å². The molecule has 1 heterocycles. The third-order valence-electron chi connectivity index (χ3n) is 8.52. The summed E-state index contributed by atoms with van der Waals surface area (Å²) >= 11 is 3.48. The van der Waals surface area contributed by atoms with Crippen LogP contribution in [0.3, 0.4) is 0 Å². The van der Waals surface area contributed by atoms with E-state index in [1.807, 2.05) is 53.4 Å². The largest absolute Gasteiger partial charge is 0.480 e. The first-order valence-electron chi connectivity index (χ1n) is 13.2. The molecule has 0 spiro atoms. The first kappa shape index (κ1) is 25.1. The van der Waals surface area contributed by atoms with Crippen LogP contribution in [0, 0.1) is 11.8 Å². The Morgan fingerprint density at radius 1 is 0.921 bits per heavy atom. The van der Waals surface area contributed by atoms with Crippen LogP contribution in [0.1, 0.15) is 41.9 Å². The Bertz CT molecular complexity index is 1310. The number of carbonyl (C=O) groups is 2. The van der Waals surface area contributed by atoms with Crippen molar-refractivity contribution in [3.63, 3.8) is 0 Å². The molecule has 0 aromatic heterocycles. The average Bonchev–Trinajstić information content (AvgIpc) is 3.50. The third-order valence-corrected chi connectivity index (χ3v) is 9.05. The van der Waals surface area contributed by atoms with Crippen molar-refractivity contribution in [2.75, 3.05) is 26.3 Å². The fourth-order valence-electron chi connectivity index (χ4n) is 6.71. The molecule has 196 valence electrons. The van der Waals surface area contributed by atoms with Crippen molar-refractivity contribution in [2.45, 2.75) is 30.8 Å². The highest BCUT2D eigenvalue weighted by molar-refractivity contribution is 9.10. The van der Waals surface area contributed by atoms with E-state index in [1.165, 1.54) is 22.3 Å². The molecule has 3 unspecified atom stereocenters. The first-order chi connectivity index (χ1) is 18.4. The van der Waals surface area contributed by atoms with Crippen LogP contribution in [0.15, 0.2) is 77.3 Å². The van der Waals surface area contributed by atoms with Gasteiger partial charge in [0.2, 0.25) is 0 Å². The van der Waals surface area contributed by atoms with Gasteiger partial charge >= 0.3 is 12.1 Å². The molecule has 6 nitrogen and oxygen atoms in total. The van der Waals surface area contributed by atoms with E-state index in [0.29, 0.717) is 32.0 Å². The predicted octanol–water partition coefficient (Wildman–Crippen LogP) is 6.43. The number of aliphatic carboxylic acids is 1. The molecule has 3 aromatic rings. The van der Waals surface area contributed by atoms with Gasteiger partial charge in [0, 0.05) is 23.5 Å². The number of carboxylic acid groups (broad SMARTS) is 1. The molecule has 6 rings (SSSR count). The van der Waals surface area contributed by atoms with Crippen molar-refractivity contribution >= 4 is 28.0 Å². The first-order valence-corrected chi connectivity index (χ1v) is 13.9. The van der Waals surface area contributed by atoms with Gasteiger partial charge in [-0.15, -0.1) is 0 Å². The highest BCUT2D eigenvalue weighted by Crippen LogP contribution is 2.49. The van der Waals surface area contributed by atoms with Gasteiger partial charge < -0.3 is 19.5 Å². The van der Waals surface area contributed by atoms with Crippen LogP contribution < -0.4 is 0 Å². The quantitative estimate of drug-likeness (QED) is 0.366. The number of carbonyl (C=O) groups excluding carboxylic acids is 1. The van der Waals surface area contributed by atoms with Gasteiger partial charge in [0.1, 0.15) is 13.2 Å². The summed E-state index contributed by atoms with van der Waals surface area (Å²) in [7, 11) is 0. The number of ether oxygens (including phenoxy) is 2. The number of rotatable bonds is 6. The molecule has 3 aliphatic rings. The number of nitrogens with zero attached hydrogens (tertiary/aromatic N) is 1. The highest BCUT2D eigenvalue weighted by Gasteiger charge is 2.48. The normalized spacial score (nSPS) is 24.0. The number of carboxylic acids is 1. The predicted molar refractivity (Wildman–Crippen MR) is 147 cm³/mol. The standard InChI is InChI=1S/C31H30BrNO5/c32-23-11-9-22(10-12-23)31(38-19-29(34)35)14-13-20-16-33(17-21(20)15-31)30(36)37-18-28-26-7-3-1-5-24(26)25-6-2-4-8-27(25)28/h1-12,20-21,28H,13-19H2,(H,34,35). The Balaban J connectivity index is 1.14. The van der Waals surface area contributed by atoms with Crippen molar-refractivity contribution in [1.82, 2.24) is 4.90 Å². The lowest BCUT2D eigenvalue weighted by molar-refractivity contribution is -0.156. The van der Waals surface area contributed by atoms with Crippen LogP contribution in [-0.4, -0.2) is 48.4 Å². The molecule has 0 radical (unpaired) electrons. The highest BCUT2D eigenvalue weighted by atomic mass is 79.9. The summed E-state index contributed by atoms with van der Waals surface area (Å²) in [6.45, 7) is 1.22. The van der Waals surface area contributed by atoms with Gasteiger partial charge in [-0.05, 0) is 71.0 Å². The smallest absolute Gasteiger partial charge is 0.409 e. The summed E-state index contributed by atoms with van der Waals surface area (Å²) in [6, 6.07) is 24.6. The molecule has 1 amide bonds. The number of halogens is 1. The zero-order valence-corrected chi connectivity index (χ0v) is 22.6. The van der Waals surface area contributed by atoms with Gasteiger partial charge in [-0.1, -0.05) is 76.6 Å². The Morgan fingerprint density at radius 2 is 1.55 bits per heavy atom. The maximum absolute atomic E-state index is 13.2. The molecule has 2 fully saturated rings. The number of amides is 1. The zero-order chi connectivity index (χ0) is 26.3. The van der Waals surface area contributed by atoms with E-state index in [1.54, 1.807) is 0 Å². The summed E-state index contributed by atoms with van der Waals surface area (Å²) in [5.74, 6) is -0.366. The van der Waals surface area contributed by atoms with Gasteiger partial charge in [-0.3, -0.25) is 0 Å². The minimum atomic E-state index is -0.977. The maximum Gasteiger partial charge on any atom is 0.409 e. The second-order valence-corrected chi connectivity index (χ2v) is 11.6. The molecular weight excluding hydrogens is 546 g/mol. The molecule has 2 aliphatic carbocycles. The van der Waals surface area contributed by atoms with Crippen LogP contribution in [0.4, 0.5) is 4.79 Å². The van der Waals surface area contributed by atoms with Crippen LogP contribution >= 0.6 is 15.9 Å². The molecule has 3 atom stereocenters. The Hall–Kier alpha value is -3.16. The van der Waals surface area contributed by atoms with E-state index < -0.39 is 11.6 Å². The molecule has 1 aliphatic heterocycles. The van der Waals surface area contributed by atoms with Gasteiger partial charge in [-0.25, -0.2) is 9.59 Å². The lowest BCUT2D eigenvalue weighted by Gasteiger charge is -2.42. The number of hydrogen-bond acceptors (Lipinski definition) is 4. The van der Waals surface area contributed by atoms with Gasteiger partial charge in [-0.2, -0.15) is 0 Å². The van der Waals surface area contributed by atoms with Gasteiger partial charge in [0.25, 0.3) is 0 Å². The van der Waals surface area contributed by atoms with Crippen molar-refractivity contribution in [2.24, 2.45) is 11.8 Å². The lowest BCUT2D eigenvalue weighted by atomic mass is 9.70. The fourth-order valence-corrected chi connectivity index (χ4v) is 6.97. The van der Waals surface area contributed by atoms with Crippen molar-refractivity contribution < 1.29 is 24.2 Å². The van der Waals surface area contributed by atoms with Crippen LogP contribution in [0.2, 0.25) is 0 Å². The Morgan fingerprint density at radius 3 is 2.21 bits per heavy atom. The number of likely N-dealkylation sites (tertiary alicyclic amines) is 1. The molecule has 7 heteroatoms. The summed E-state index contributed by atoms with van der Waals surface area (Å²) in [4.78, 5) is 26.4. The minimum Gasteiger partial charge on any atom is -0.480 e. The van der Waals surface area contributed by atoms with Gasteiger partial charge in [0.15, 0.2) is 0 Å². The Kier molecular flexibility index (Phi) is 6.74. The van der Waals surface area contributed by atoms with E-state index in [4.69, 9.17) is 9.47 Å². The van der Waals surface area contributed by atoms with E-state index >= 15 is 0 Å². The summed E-state index contributed by atoms with van der Waals surface area (Å²) < 4.78 is 13.0.